The van der Waals surface area contributed by atoms with Gasteiger partial charge in [0.2, 0.25) is 0 Å². The lowest BCUT2D eigenvalue weighted by molar-refractivity contribution is 0.426. The Labute approximate surface area is 499 Å². The molecule has 0 radical (unpaired) electrons. The van der Waals surface area contributed by atoms with Crippen LogP contribution in [0, 0.1) is 3.57 Å². The Morgan fingerprint density at radius 1 is 0.310 bits per heavy atom. The Balaban J connectivity index is 0.000000131. The molecule has 4 aromatic heterocycles. The summed E-state index contributed by atoms with van der Waals surface area (Å²) < 4.78 is 9.65. The summed E-state index contributed by atoms with van der Waals surface area (Å²) in [7, 11) is -1.43. The van der Waals surface area contributed by atoms with Crippen LogP contribution in [0.4, 0.5) is 0 Å². The molecule has 16 rings (SSSR count). The Morgan fingerprint density at radius 3 is 0.988 bits per heavy atom. The van der Waals surface area contributed by atoms with Crippen molar-refractivity contribution < 1.29 is 11.5 Å². The van der Waals surface area contributed by atoms with Crippen LogP contribution in [-0.4, -0.2) is 55.8 Å². The minimum Gasteiger partial charge on any atom is -0.423 e. The maximum Gasteiger partial charge on any atom is 0.488 e. The topological polar surface area (TPSA) is 112 Å². The zero-order valence-electron chi connectivity index (χ0n) is 45.1. The summed E-state index contributed by atoms with van der Waals surface area (Å²) in [5, 5.41) is 43.2. The molecular weight excluding hydrogens is 1150 g/mol. The number of hydrogen-bond donors (Lipinski definition) is 2. The van der Waals surface area contributed by atoms with Crippen molar-refractivity contribution in [2.75, 3.05) is 0 Å². The van der Waals surface area contributed by atoms with Gasteiger partial charge in [-0.25, -0.2) is 0 Å². The van der Waals surface area contributed by atoms with E-state index in [0.717, 1.165) is 17.1 Å². The van der Waals surface area contributed by atoms with Gasteiger partial charge in [-0.05, 0) is 156 Å². The average Bonchev–Trinajstić information content (AvgIpc) is 4.32. The van der Waals surface area contributed by atoms with Crippen LogP contribution in [0.5, 0.6) is 0 Å². The van der Waals surface area contributed by atoms with E-state index >= 15 is 0 Å². The van der Waals surface area contributed by atoms with Gasteiger partial charge < -0.3 is 19.2 Å². The lowest BCUT2D eigenvalue weighted by Crippen LogP contribution is -2.29. The van der Waals surface area contributed by atoms with Gasteiger partial charge in [0.15, 0.2) is 0 Å². The van der Waals surface area contributed by atoms with Gasteiger partial charge in [-0.15, -0.1) is 20.4 Å². The molecule has 0 saturated heterocycles. The average molecular weight is 1200 g/mol. The molecule has 402 valence electrons. The normalized spacial score (nSPS) is 11.3. The van der Waals surface area contributed by atoms with Crippen molar-refractivity contribution in [3.8, 4) is 56.1 Å². The summed E-state index contributed by atoms with van der Waals surface area (Å²) in [6.45, 7) is 0. The predicted octanol–water partition coefficient (Wildman–Crippen LogP) is 16.3. The molecule has 84 heavy (non-hydrogen) atoms. The summed E-state index contributed by atoms with van der Waals surface area (Å²) >= 11 is 2.44. The second-order valence-electron chi connectivity index (χ2n) is 20.4. The number of hydrogen-bond acceptors (Lipinski definition) is 6. The Hall–Kier alpha value is -10.2. The molecule has 0 aliphatic heterocycles. The van der Waals surface area contributed by atoms with E-state index in [1.165, 1.54) is 108 Å². The van der Waals surface area contributed by atoms with Crippen LogP contribution in [0.1, 0.15) is 1.43 Å². The molecule has 0 unspecified atom stereocenters. The minimum absolute atomic E-state index is 0. The highest BCUT2D eigenvalue weighted by Gasteiger charge is 2.16. The smallest absolute Gasteiger partial charge is 0.423 e. The molecule has 0 fully saturated rings. The fraction of sp³-hybridized carbons (Fsp3) is 0. The van der Waals surface area contributed by atoms with Crippen LogP contribution in [0.3, 0.4) is 0 Å². The maximum absolute atomic E-state index is 8.87. The van der Waals surface area contributed by atoms with Crippen LogP contribution >= 0.6 is 22.6 Å². The summed E-state index contributed by atoms with van der Waals surface area (Å²) in [5.74, 6) is 0. The van der Waals surface area contributed by atoms with Crippen molar-refractivity contribution in [2.45, 2.75) is 0 Å². The molecule has 4 heterocycles. The van der Waals surface area contributed by atoms with Gasteiger partial charge >= 0.3 is 7.12 Å². The van der Waals surface area contributed by atoms with Crippen molar-refractivity contribution in [1.29, 1.82) is 0 Å². The van der Waals surface area contributed by atoms with Gasteiger partial charge in [0.1, 0.15) is 25.3 Å². The number of nitrogens with zero attached hydrogens (tertiary/aromatic N) is 8. The highest BCUT2D eigenvalue weighted by Crippen LogP contribution is 2.39. The zero-order chi connectivity index (χ0) is 56.5. The van der Waals surface area contributed by atoms with Crippen molar-refractivity contribution in [1.82, 2.24) is 38.7 Å². The fourth-order valence-electron chi connectivity index (χ4n) is 11.6. The van der Waals surface area contributed by atoms with Crippen molar-refractivity contribution >= 4 is 100 Å². The minimum atomic E-state index is -1.43. The van der Waals surface area contributed by atoms with Crippen LogP contribution in [0.15, 0.2) is 292 Å². The lowest BCUT2D eigenvalue weighted by Gasteiger charge is -2.14. The number of fused-ring (bicyclic) bond motifs is 8. The molecule has 12 heteroatoms. The van der Waals surface area contributed by atoms with E-state index in [1.54, 1.807) is 54.1 Å². The summed E-state index contributed by atoms with van der Waals surface area (Å²) in [6, 6.07) is 94.1. The first-order chi connectivity index (χ1) is 41.4. The Kier molecular flexibility index (Phi) is 14.0. The van der Waals surface area contributed by atoms with Gasteiger partial charge in [0, 0.05) is 54.7 Å². The summed E-state index contributed by atoms with van der Waals surface area (Å²) in [6.07, 6.45) is 6.58. The van der Waals surface area contributed by atoms with Crippen molar-refractivity contribution in [2.24, 2.45) is 0 Å². The molecule has 0 spiro atoms. The van der Waals surface area contributed by atoms with Crippen LogP contribution in [0.2, 0.25) is 0 Å². The first-order valence-electron chi connectivity index (χ1n) is 27.6. The number of para-hydroxylation sites is 4. The van der Waals surface area contributed by atoms with Gasteiger partial charge in [-0.1, -0.05) is 188 Å². The molecule has 0 atom stereocenters. The van der Waals surface area contributed by atoms with Gasteiger partial charge in [0.05, 0.1) is 22.1 Å². The molecule has 0 aliphatic carbocycles. The highest BCUT2D eigenvalue weighted by molar-refractivity contribution is 14.1. The Bertz CT molecular complexity index is 4880. The number of aromatic nitrogens is 8. The third-order valence-electron chi connectivity index (χ3n) is 15.6. The molecule has 0 amide bonds. The second-order valence-corrected chi connectivity index (χ2v) is 21.6. The third-order valence-corrected chi connectivity index (χ3v) is 16.5. The molecule has 10 nitrogen and oxygen atoms in total. The van der Waals surface area contributed by atoms with Gasteiger partial charge in [0.25, 0.3) is 0 Å². The van der Waals surface area contributed by atoms with Crippen LogP contribution < -0.4 is 5.46 Å². The standard InChI is InChI=1S/C36H24N4.C28H18IN.C8H8BN3O2.H2/c1-3-13-34-32(9-1)33-10-2-4-14-35(33)40(34)29-21-17-26(18-22-29)31-12-6-8-27-7-5-11-30(36(27)31)25-15-19-28(20-16-25)39-23-37-38-24-39;29-25-12-6-8-20-7-5-11-22(28(20)25)19-15-17-21(18-16-19)30-26-13-3-1-9-23(26)24-10-2-4-14-27(24)30;13-9(14)7-1-3-8(4-2-7)12-5-10-11-6-12;/h1-24H;1-18H;1-6,13-14H;1H/i;;;1+1. The van der Waals surface area contributed by atoms with E-state index in [0.29, 0.717) is 5.46 Å². The highest BCUT2D eigenvalue weighted by atomic mass is 127. The van der Waals surface area contributed by atoms with E-state index in [-0.39, 0.29) is 1.43 Å². The first-order valence-corrected chi connectivity index (χ1v) is 28.6. The Morgan fingerprint density at radius 2 is 0.619 bits per heavy atom. The van der Waals surface area contributed by atoms with Crippen molar-refractivity contribution in [3.05, 3.63) is 296 Å². The molecule has 2 N–H and O–H groups in total. The first kappa shape index (κ1) is 51.9. The van der Waals surface area contributed by atoms with Crippen molar-refractivity contribution in [3.63, 3.8) is 0 Å². The molecule has 0 aliphatic rings. The maximum atomic E-state index is 8.87. The lowest BCUT2D eigenvalue weighted by atomic mass is 9.80. The predicted molar refractivity (Wildman–Crippen MR) is 354 cm³/mol. The van der Waals surface area contributed by atoms with Gasteiger partial charge in [-0.3, -0.25) is 9.13 Å². The van der Waals surface area contributed by atoms with E-state index < -0.39 is 7.12 Å². The quantitative estimate of drug-likeness (QED) is 0.116. The van der Waals surface area contributed by atoms with E-state index in [2.05, 4.69) is 295 Å². The summed E-state index contributed by atoms with van der Waals surface area (Å²) in [5.41, 5.74) is 17.0. The van der Waals surface area contributed by atoms with E-state index in [4.69, 9.17) is 10.0 Å². The summed E-state index contributed by atoms with van der Waals surface area (Å²) in [4.78, 5) is 0. The molecule has 0 saturated carbocycles. The van der Waals surface area contributed by atoms with E-state index in [1.807, 2.05) is 4.57 Å². The monoisotopic (exact) mass is 1200 g/mol. The largest absolute Gasteiger partial charge is 0.488 e. The van der Waals surface area contributed by atoms with E-state index in [9.17, 15) is 0 Å². The molecule has 16 aromatic rings. The van der Waals surface area contributed by atoms with Gasteiger partial charge in [-0.2, -0.15) is 0 Å². The SMILES string of the molecule is Ic1cccc2cccc(-c3ccc(-n4c5ccccc5c5ccccc54)cc3)c12.OB(O)c1ccc(-n2cnnc2)cc1.[2HH].c1cc(-c2ccc(-n3cnnc3)cc2)c2c(-c3ccc(-n4c5ccccc5c5ccccc54)cc3)cccc2c1. The van der Waals surface area contributed by atoms with Crippen LogP contribution in [-0.2, 0) is 0 Å². The second kappa shape index (κ2) is 22.6. The molecule has 12 aromatic carbocycles. The molecular formula is C72H52BIN8O2. The number of halogens is 1. The zero-order valence-corrected chi connectivity index (χ0v) is 47.3. The molecule has 0 bridgehead atoms. The van der Waals surface area contributed by atoms with Crippen LogP contribution in [0.25, 0.3) is 121 Å². The number of rotatable bonds is 8. The fourth-order valence-corrected chi connectivity index (χ4v) is 12.4. The number of benzene rings is 12. The third kappa shape index (κ3) is 9.77.